The Hall–Kier alpha value is -3.04. The quantitative estimate of drug-likeness (QED) is 0.764. The first-order chi connectivity index (χ1) is 14.3. The third-order valence-electron chi connectivity index (χ3n) is 4.76. The van der Waals surface area contributed by atoms with Crippen LogP contribution in [0.5, 0.6) is 0 Å². The fourth-order valence-electron chi connectivity index (χ4n) is 3.23. The van der Waals surface area contributed by atoms with E-state index in [9.17, 15) is 27.6 Å². The number of piperidine rings is 1. The molecule has 0 spiro atoms. The summed E-state index contributed by atoms with van der Waals surface area (Å²) in [4.78, 5) is 38.4. The van der Waals surface area contributed by atoms with Crippen molar-refractivity contribution in [2.24, 2.45) is 0 Å². The maximum absolute atomic E-state index is 12.9. The molecule has 2 heterocycles. The number of rotatable bonds is 2. The summed E-state index contributed by atoms with van der Waals surface area (Å²) in [6.45, 7) is 6.06. The number of nitrogens with zero attached hydrogens (tertiary/aromatic N) is 1. The predicted molar refractivity (Wildman–Crippen MR) is 106 cm³/mol. The van der Waals surface area contributed by atoms with Crippen LogP contribution in [-0.2, 0) is 10.9 Å². The lowest BCUT2D eigenvalue weighted by Crippen LogP contribution is -2.47. The summed E-state index contributed by atoms with van der Waals surface area (Å²) < 4.78 is 49.4. The standard InChI is InChI=1S/C21H23F3N2O5/c1-20(2,3)31-19(29)26-8-6-13(7-9-26)25-18(28)17-11-15(27)14-5-4-12(21(22,23)24)10-16(14)30-17/h4-5,10-11,13H,6-9H2,1-3H3,(H,25,28). The van der Waals surface area contributed by atoms with Crippen LogP contribution in [0, 0.1) is 0 Å². The molecular weight excluding hydrogens is 417 g/mol. The number of alkyl halides is 3. The van der Waals surface area contributed by atoms with Crippen molar-refractivity contribution in [2.45, 2.75) is 51.4 Å². The number of hydrogen-bond donors (Lipinski definition) is 1. The number of hydrogen-bond acceptors (Lipinski definition) is 5. The van der Waals surface area contributed by atoms with Crippen LogP contribution < -0.4 is 10.7 Å². The zero-order valence-corrected chi connectivity index (χ0v) is 17.3. The number of halogens is 3. The van der Waals surface area contributed by atoms with Gasteiger partial charge in [0.05, 0.1) is 10.9 Å². The van der Waals surface area contributed by atoms with Crippen LogP contribution >= 0.6 is 0 Å². The van der Waals surface area contributed by atoms with Gasteiger partial charge in [0, 0.05) is 25.2 Å². The van der Waals surface area contributed by atoms with Crippen LogP contribution in [0.3, 0.4) is 0 Å². The van der Waals surface area contributed by atoms with Crippen LogP contribution in [0.25, 0.3) is 11.0 Å². The molecule has 1 aromatic carbocycles. The largest absolute Gasteiger partial charge is 0.451 e. The Kier molecular flexibility index (Phi) is 6.02. The zero-order chi connectivity index (χ0) is 23.0. The fourth-order valence-corrected chi connectivity index (χ4v) is 3.23. The van der Waals surface area contributed by atoms with E-state index in [-0.39, 0.29) is 22.8 Å². The molecule has 1 aliphatic rings. The van der Waals surface area contributed by atoms with Crippen molar-refractivity contribution in [2.75, 3.05) is 13.1 Å². The van der Waals surface area contributed by atoms with Crippen LogP contribution in [0.15, 0.2) is 33.5 Å². The van der Waals surface area contributed by atoms with Gasteiger partial charge in [-0.05, 0) is 51.8 Å². The molecule has 10 heteroatoms. The van der Waals surface area contributed by atoms with E-state index in [0.717, 1.165) is 18.2 Å². The lowest BCUT2D eigenvalue weighted by molar-refractivity contribution is -0.137. The van der Waals surface area contributed by atoms with Crippen LogP contribution in [0.1, 0.15) is 49.7 Å². The highest BCUT2D eigenvalue weighted by atomic mass is 19.4. The molecule has 0 bridgehead atoms. The number of amides is 2. The molecule has 0 saturated carbocycles. The van der Waals surface area contributed by atoms with Crippen LogP contribution in [0.2, 0.25) is 0 Å². The Labute approximate surface area is 176 Å². The fraction of sp³-hybridized carbons (Fsp3) is 0.476. The summed E-state index contributed by atoms with van der Waals surface area (Å²) in [5, 5.41) is 2.66. The van der Waals surface area contributed by atoms with E-state index in [1.54, 1.807) is 25.7 Å². The van der Waals surface area contributed by atoms with Gasteiger partial charge in [0.15, 0.2) is 11.2 Å². The average Bonchev–Trinajstić information content (AvgIpc) is 2.66. The number of ether oxygens (including phenoxy) is 1. The van der Waals surface area contributed by atoms with Crippen molar-refractivity contribution in [1.29, 1.82) is 0 Å². The van der Waals surface area contributed by atoms with Gasteiger partial charge in [-0.15, -0.1) is 0 Å². The minimum Gasteiger partial charge on any atom is -0.451 e. The normalized spacial score (nSPS) is 15.7. The van der Waals surface area contributed by atoms with Gasteiger partial charge in [-0.25, -0.2) is 4.79 Å². The number of likely N-dealkylation sites (tertiary alicyclic amines) is 1. The first-order valence-electron chi connectivity index (χ1n) is 9.77. The monoisotopic (exact) mass is 440 g/mol. The Bertz CT molecular complexity index is 1050. The lowest BCUT2D eigenvalue weighted by Gasteiger charge is -2.33. The summed E-state index contributed by atoms with van der Waals surface area (Å²) >= 11 is 0. The summed E-state index contributed by atoms with van der Waals surface area (Å²) in [5.74, 6) is -1.07. The Morgan fingerprint density at radius 2 is 1.77 bits per heavy atom. The minimum absolute atomic E-state index is 0.0461. The van der Waals surface area contributed by atoms with Gasteiger partial charge in [0.2, 0.25) is 0 Å². The van der Waals surface area contributed by atoms with Crippen molar-refractivity contribution in [3.05, 3.63) is 45.8 Å². The molecule has 3 rings (SSSR count). The zero-order valence-electron chi connectivity index (χ0n) is 17.3. The smallest absolute Gasteiger partial charge is 0.416 e. The second kappa shape index (κ2) is 8.24. The van der Waals surface area contributed by atoms with Gasteiger partial charge in [0.1, 0.15) is 11.2 Å². The Morgan fingerprint density at radius 3 is 2.35 bits per heavy atom. The van der Waals surface area contributed by atoms with Gasteiger partial charge in [-0.1, -0.05) is 0 Å². The third-order valence-corrected chi connectivity index (χ3v) is 4.76. The number of fused-ring (bicyclic) bond motifs is 1. The first kappa shape index (κ1) is 22.6. The predicted octanol–water partition coefficient (Wildman–Crippen LogP) is 3.94. The van der Waals surface area contributed by atoms with E-state index in [4.69, 9.17) is 9.15 Å². The molecule has 2 amide bonds. The molecule has 7 nitrogen and oxygen atoms in total. The second-order valence-corrected chi connectivity index (χ2v) is 8.40. The lowest BCUT2D eigenvalue weighted by atomic mass is 10.1. The summed E-state index contributed by atoms with van der Waals surface area (Å²) in [6, 6.07) is 3.19. The molecule has 1 aromatic heterocycles. The molecule has 168 valence electrons. The molecule has 0 atom stereocenters. The summed E-state index contributed by atoms with van der Waals surface area (Å²) in [5.41, 5.74) is -2.51. The average molecular weight is 440 g/mol. The first-order valence-corrected chi connectivity index (χ1v) is 9.77. The van der Waals surface area contributed by atoms with E-state index in [1.165, 1.54) is 0 Å². The topological polar surface area (TPSA) is 88.9 Å². The highest BCUT2D eigenvalue weighted by molar-refractivity contribution is 5.93. The molecule has 1 saturated heterocycles. The van der Waals surface area contributed by atoms with Gasteiger partial charge < -0.3 is 19.4 Å². The van der Waals surface area contributed by atoms with Gasteiger partial charge >= 0.3 is 12.3 Å². The highest BCUT2D eigenvalue weighted by Crippen LogP contribution is 2.31. The third kappa shape index (κ3) is 5.56. The van der Waals surface area contributed by atoms with Crippen molar-refractivity contribution >= 4 is 23.0 Å². The number of carbonyl (C=O) groups excluding carboxylic acids is 2. The molecule has 31 heavy (non-hydrogen) atoms. The van der Waals surface area contributed by atoms with Gasteiger partial charge in [-0.2, -0.15) is 13.2 Å². The number of nitrogens with one attached hydrogen (secondary N) is 1. The van der Waals surface area contributed by atoms with Crippen molar-refractivity contribution in [3.63, 3.8) is 0 Å². The summed E-state index contributed by atoms with van der Waals surface area (Å²) in [7, 11) is 0. The maximum Gasteiger partial charge on any atom is 0.416 e. The molecule has 1 aliphatic heterocycles. The van der Waals surface area contributed by atoms with Gasteiger partial charge in [-0.3, -0.25) is 9.59 Å². The maximum atomic E-state index is 12.9. The van der Waals surface area contributed by atoms with Crippen LogP contribution in [0.4, 0.5) is 18.0 Å². The molecule has 2 aromatic rings. The number of benzene rings is 1. The molecule has 0 radical (unpaired) electrons. The van der Waals surface area contributed by atoms with E-state index in [0.29, 0.717) is 32.0 Å². The van der Waals surface area contributed by atoms with E-state index >= 15 is 0 Å². The molecule has 0 aliphatic carbocycles. The van der Waals surface area contributed by atoms with E-state index in [2.05, 4.69) is 5.32 Å². The molecule has 1 fully saturated rings. The van der Waals surface area contributed by atoms with E-state index in [1.807, 2.05) is 0 Å². The second-order valence-electron chi connectivity index (χ2n) is 8.40. The Balaban J connectivity index is 1.68. The Morgan fingerprint density at radius 1 is 1.13 bits per heavy atom. The molecular formula is C21H23F3N2O5. The number of carbonyl (C=O) groups is 2. The SMILES string of the molecule is CC(C)(C)OC(=O)N1CCC(NC(=O)c2cc(=O)c3ccc(C(F)(F)F)cc3o2)CC1. The van der Waals surface area contributed by atoms with E-state index < -0.39 is 34.8 Å². The summed E-state index contributed by atoms with van der Waals surface area (Å²) in [6.07, 6.45) is -4.12. The molecule has 1 N–H and O–H groups in total. The minimum atomic E-state index is -4.60. The van der Waals surface area contributed by atoms with Crippen molar-refractivity contribution < 1.29 is 31.9 Å². The van der Waals surface area contributed by atoms with Crippen LogP contribution in [-0.4, -0.2) is 41.6 Å². The van der Waals surface area contributed by atoms with Gasteiger partial charge in [0.25, 0.3) is 5.91 Å². The van der Waals surface area contributed by atoms with Crippen molar-refractivity contribution in [3.8, 4) is 0 Å². The van der Waals surface area contributed by atoms with Crippen molar-refractivity contribution in [1.82, 2.24) is 10.2 Å². The highest BCUT2D eigenvalue weighted by Gasteiger charge is 2.31. The molecule has 0 unspecified atom stereocenters.